The fourth-order valence-corrected chi connectivity index (χ4v) is 3.13. The van der Waals surface area contributed by atoms with Crippen LogP contribution < -0.4 is 5.73 Å². The molecule has 0 radical (unpaired) electrons. The number of thioether (sulfide) groups is 1. The Morgan fingerprint density at radius 1 is 1.15 bits per heavy atom. The van der Waals surface area contributed by atoms with Crippen LogP contribution in [0.4, 0.5) is 4.39 Å². The molecule has 20 heavy (non-hydrogen) atoms. The molecule has 0 heterocycles. The summed E-state index contributed by atoms with van der Waals surface area (Å²) in [6.45, 7) is 4.14. The predicted molar refractivity (Wildman–Crippen MR) is 82.9 cm³/mol. The van der Waals surface area contributed by atoms with E-state index in [9.17, 15) is 4.39 Å². The van der Waals surface area contributed by atoms with E-state index < -0.39 is 0 Å². The topological polar surface area (TPSA) is 49.9 Å². The zero-order chi connectivity index (χ0) is 14.7. The van der Waals surface area contributed by atoms with Gasteiger partial charge in [0.1, 0.15) is 11.7 Å². The molecule has 104 valence electrons. The van der Waals surface area contributed by atoms with Crippen LogP contribution in [0.5, 0.6) is 0 Å². The second-order valence-electron chi connectivity index (χ2n) is 4.84. The second kappa shape index (κ2) is 6.09. The SMILES string of the molecule is Cc1cc(C)cc(CSc2ccc(F)cc2C(=N)N)c1. The summed E-state index contributed by atoms with van der Waals surface area (Å²) < 4.78 is 13.2. The van der Waals surface area contributed by atoms with E-state index in [0.717, 1.165) is 10.6 Å². The number of benzene rings is 2. The molecular weight excluding hydrogens is 271 g/mol. The van der Waals surface area contributed by atoms with Gasteiger partial charge in [0.05, 0.1) is 0 Å². The number of nitrogen functional groups attached to an aromatic ring is 1. The summed E-state index contributed by atoms with van der Waals surface area (Å²) in [4.78, 5) is 0.832. The number of nitrogens with one attached hydrogen (secondary N) is 1. The summed E-state index contributed by atoms with van der Waals surface area (Å²) in [6.07, 6.45) is 0. The highest BCUT2D eigenvalue weighted by Crippen LogP contribution is 2.27. The van der Waals surface area contributed by atoms with Gasteiger partial charge >= 0.3 is 0 Å². The highest BCUT2D eigenvalue weighted by atomic mass is 32.2. The molecule has 2 aromatic rings. The fraction of sp³-hybridized carbons (Fsp3) is 0.188. The van der Waals surface area contributed by atoms with Crippen molar-refractivity contribution in [1.29, 1.82) is 5.41 Å². The minimum absolute atomic E-state index is 0.104. The Bertz CT molecular complexity index is 633. The van der Waals surface area contributed by atoms with Gasteiger partial charge < -0.3 is 5.73 Å². The van der Waals surface area contributed by atoms with Crippen LogP contribution in [0.15, 0.2) is 41.3 Å². The summed E-state index contributed by atoms with van der Waals surface area (Å²) in [7, 11) is 0. The van der Waals surface area contributed by atoms with Crippen LogP contribution in [0.1, 0.15) is 22.3 Å². The summed E-state index contributed by atoms with van der Waals surface area (Å²) in [5.41, 5.74) is 9.63. The molecule has 3 N–H and O–H groups in total. The Balaban J connectivity index is 2.20. The summed E-state index contributed by atoms with van der Waals surface area (Å²) in [5.74, 6) is 0.299. The molecule has 0 saturated carbocycles. The van der Waals surface area contributed by atoms with Gasteiger partial charge in [-0.15, -0.1) is 11.8 Å². The maximum Gasteiger partial charge on any atom is 0.124 e. The lowest BCUT2D eigenvalue weighted by Crippen LogP contribution is -2.12. The molecule has 0 saturated heterocycles. The highest BCUT2D eigenvalue weighted by molar-refractivity contribution is 7.98. The molecule has 0 aliphatic carbocycles. The summed E-state index contributed by atoms with van der Waals surface area (Å²) >= 11 is 1.57. The number of aryl methyl sites for hydroxylation is 2. The van der Waals surface area contributed by atoms with Crippen LogP contribution in [0.25, 0.3) is 0 Å². The minimum Gasteiger partial charge on any atom is -0.384 e. The van der Waals surface area contributed by atoms with Crippen molar-refractivity contribution >= 4 is 17.6 Å². The Labute approximate surface area is 122 Å². The Morgan fingerprint density at radius 3 is 2.40 bits per heavy atom. The molecule has 0 aliphatic heterocycles. The van der Waals surface area contributed by atoms with Crippen LogP contribution in [0.3, 0.4) is 0 Å². The third-order valence-electron chi connectivity index (χ3n) is 2.91. The zero-order valence-electron chi connectivity index (χ0n) is 11.5. The average Bonchev–Trinajstić information content (AvgIpc) is 2.36. The van der Waals surface area contributed by atoms with E-state index in [1.165, 1.54) is 28.8 Å². The number of hydrogen-bond donors (Lipinski definition) is 2. The van der Waals surface area contributed by atoms with Crippen molar-refractivity contribution in [2.45, 2.75) is 24.5 Å². The molecule has 0 aromatic heterocycles. The van der Waals surface area contributed by atoms with Crippen LogP contribution in [-0.2, 0) is 5.75 Å². The molecular formula is C16H17FN2S. The van der Waals surface area contributed by atoms with Gasteiger partial charge in [-0.25, -0.2) is 4.39 Å². The number of nitrogens with two attached hydrogens (primary N) is 1. The van der Waals surface area contributed by atoms with Gasteiger partial charge in [-0.1, -0.05) is 29.3 Å². The molecule has 2 rings (SSSR count). The molecule has 0 spiro atoms. The van der Waals surface area contributed by atoms with Gasteiger partial charge in [0.15, 0.2) is 0 Å². The number of halogens is 1. The van der Waals surface area contributed by atoms with Gasteiger partial charge in [-0.2, -0.15) is 0 Å². The van der Waals surface area contributed by atoms with Crippen LogP contribution in [0, 0.1) is 25.1 Å². The van der Waals surface area contributed by atoms with Crippen molar-refractivity contribution < 1.29 is 4.39 Å². The van der Waals surface area contributed by atoms with Crippen LogP contribution in [-0.4, -0.2) is 5.84 Å². The first kappa shape index (κ1) is 14.6. The summed E-state index contributed by atoms with van der Waals surface area (Å²) in [6, 6.07) is 10.8. The lowest BCUT2D eigenvalue weighted by Gasteiger charge is -2.09. The monoisotopic (exact) mass is 288 g/mol. The number of hydrogen-bond acceptors (Lipinski definition) is 2. The largest absolute Gasteiger partial charge is 0.384 e. The van der Waals surface area contributed by atoms with Gasteiger partial charge in [0.2, 0.25) is 0 Å². The highest BCUT2D eigenvalue weighted by Gasteiger charge is 2.08. The fourth-order valence-electron chi connectivity index (χ4n) is 2.15. The van der Waals surface area contributed by atoms with E-state index in [1.807, 2.05) is 0 Å². The van der Waals surface area contributed by atoms with E-state index in [-0.39, 0.29) is 11.7 Å². The van der Waals surface area contributed by atoms with Crippen LogP contribution in [0.2, 0.25) is 0 Å². The molecule has 2 aromatic carbocycles. The van der Waals surface area contributed by atoms with E-state index in [4.69, 9.17) is 11.1 Å². The molecule has 0 amide bonds. The average molecular weight is 288 g/mol. The minimum atomic E-state index is -0.369. The molecule has 0 atom stereocenters. The van der Waals surface area contributed by atoms with E-state index in [0.29, 0.717) is 5.56 Å². The lowest BCUT2D eigenvalue weighted by molar-refractivity contribution is 0.626. The first-order chi connectivity index (χ1) is 9.45. The molecule has 0 aliphatic rings. The van der Waals surface area contributed by atoms with Gasteiger partial charge in [-0.05, 0) is 37.6 Å². The van der Waals surface area contributed by atoms with Crippen molar-refractivity contribution in [1.82, 2.24) is 0 Å². The Hall–Kier alpha value is -1.81. The van der Waals surface area contributed by atoms with Crippen molar-refractivity contribution in [2.75, 3.05) is 0 Å². The van der Waals surface area contributed by atoms with E-state index in [1.54, 1.807) is 17.8 Å². The predicted octanol–water partition coefficient (Wildman–Crippen LogP) is 4.02. The maximum atomic E-state index is 13.2. The van der Waals surface area contributed by atoms with Crippen LogP contribution >= 0.6 is 11.8 Å². The normalized spacial score (nSPS) is 10.6. The number of amidine groups is 1. The lowest BCUT2D eigenvalue weighted by atomic mass is 10.1. The third-order valence-corrected chi connectivity index (χ3v) is 4.05. The third kappa shape index (κ3) is 3.61. The summed E-state index contributed by atoms with van der Waals surface area (Å²) in [5, 5.41) is 7.52. The smallest absolute Gasteiger partial charge is 0.124 e. The molecule has 0 fully saturated rings. The first-order valence-corrected chi connectivity index (χ1v) is 7.28. The van der Waals surface area contributed by atoms with Gasteiger partial charge in [0, 0.05) is 16.2 Å². The maximum absolute atomic E-state index is 13.2. The van der Waals surface area contributed by atoms with Crippen molar-refractivity contribution in [3.05, 3.63) is 64.5 Å². The molecule has 4 heteroatoms. The van der Waals surface area contributed by atoms with Gasteiger partial charge in [0.25, 0.3) is 0 Å². The first-order valence-electron chi connectivity index (χ1n) is 6.29. The standard InChI is InChI=1S/C16H17FN2S/c1-10-5-11(2)7-12(6-10)9-20-15-4-3-13(17)8-14(15)16(18)19/h3-8H,9H2,1-2H3,(H3,18,19). The van der Waals surface area contributed by atoms with Crippen molar-refractivity contribution in [3.63, 3.8) is 0 Å². The molecule has 2 nitrogen and oxygen atoms in total. The second-order valence-corrected chi connectivity index (χ2v) is 5.86. The van der Waals surface area contributed by atoms with Crippen molar-refractivity contribution in [3.8, 4) is 0 Å². The Morgan fingerprint density at radius 2 is 1.80 bits per heavy atom. The Kier molecular flexibility index (Phi) is 4.45. The zero-order valence-corrected chi connectivity index (χ0v) is 12.4. The van der Waals surface area contributed by atoms with E-state index in [2.05, 4.69) is 32.0 Å². The number of rotatable bonds is 4. The van der Waals surface area contributed by atoms with E-state index >= 15 is 0 Å². The van der Waals surface area contributed by atoms with Gasteiger partial charge in [-0.3, -0.25) is 5.41 Å². The quantitative estimate of drug-likeness (QED) is 0.507. The molecule has 0 unspecified atom stereocenters. The molecule has 0 bridgehead atoms. The van der Waals surface area contributed by atoms with Crippen molar-refractivity contribution in [2.24, 2.45) is 5.73 Å².